The molecular weight excluding hydrogens is 226 g/mol. The molecule has 18 heavy (non-hydrogen) atoms. The van der Waals surface area contributed by atoms with Crippen LogP contribution in [0.1, 0.15) is 39.7 Å². The molecule has 0 radical (unpaired) electrons. The number of aryl methyl sites for hydroxylation is 1. The Balaban J connectivity index is 0.00000289. The molecule has 1 atom stereocenters. The van der Waals surface area contributed by atoms with Crippen molar-refractivity contribution in [3.63, 3.8) is 0 Å². The van der Waals surface area contributed by atoms with E-state index in [1.807, 2.05) is 51.1 Å². The molecular formula is C15H25NO2. The van der Waals surface area contributed by atoms with E-state index in [4.69, 9.17) is 0 Å². The molecule has 0 aromatic heterocycles. The third-order valence-corrected chi connectivity index (χ3v) is 3.86. The molecule has 3 heteroatoms. The standard InChI is InChI=1S/C15H22O2.H3N/c1-14(2,3)15(4,13(16)17)11-10-12-8-6-5-7-9-12;/h5-9H,10-11H2,1-4H3,(H,16,17);1H3. The Morgan fingerprint density at radius 1 is 1.11 bits per heavy atom. The molecule has 0 bridgehead atoms. The van der Waals surface area contributed by atoms with Gasteiger partial charge in [0.2, 0.25) is 0 Å². The summed E-state index contributed by atoms with van der Waals surface area (Å²) in [4.78, 5) is 11.4. The fourth-order valence-corrected chi connectivity index (χ4v) is 1.82. The van der Waals surface area contributed by atoms with E-state index in [2.05, 4.69) is 0 Å². The molecule has 0 spiro atoms. The minimum Gasteiger partial charge on any atom is -0.550 e. The molecule has 0 aliphatic carbocycles. The monoisotopic (exact) mass is 251 g/mol. The normalized spacial score (nSPS) is 14.4. The fraction of sp³-hybridized carbons (Fsp3) is 0.533. The van der Waals surface area contributed by atoms with Gasteiger partial charge in [0, 0.05) is 11.4 Å². The Bertz CT molecular complexity index is 381. The van der Waals surface area contributed by atoms with E-state index in [9.17, 15) is 9.90 Å². The number of hydrogen-bond acceptors (Lipinski definition) is 2. The van der Waals surface area contributed by atoms with Crippen LogP contribution in [0, 0.1) is 10.8 Å². The smallest absolute Gasteiger partial charge is 0.0478 e. The molecule has 0 amide bonds. The highest BCUT2D eigenvalue weighted by Crippen LogP contribution is 2.41. The first-order chi connectivity index (χ1) is 7.77. The van der Waals surface area contributed by atoms with Crippen LogP contribution in [0.5, 0.6) is 0 Å². The first-order valence-electron chi connectivity index (χ1n) is 6.03. The number of hydrogen-bond donors (Lipinski definition) is 1. The lowest BCUT2D eigenvalue weighted by Crippen LogP contribution is -2.48. The Morgan fingerprint density at radius 3 is 2.00 bits per heavy atom. The van der Waals surface area contributed by atoms with Crippen molar-refractivity contribution in [3.05, 3.63) is 35.9 Å². The Kier molecular flexibility index (Phi) is 5.55. The van der Waals surface area contributed by atoms with E-state index in [-0.39, 0.29) is 11.6 Å². The summed E-state index contributed by atoms with van der Waals surface area (Å²) < 4.78 is 0. The predicted molar refractivity (Wildman–Crippen MR) is 73.3 cm³/mol. The van der Waals surface area contributed by atoms with Crippen molar-refractivity contribution in [2.24, 2.45) is 10.8 Å². The highest BCUT2D eigenvalue weighted by atomic mass is 16.4. The first-order valence-corrected chi connectivity index (χ1v) is 6.03. The van der Waals surface area contributed by atoms with Gasteiger partial charge in [0.05, 0.1) is 0 Å². The zero-order valence-corrected chi connectivity index (χ0v) is 12.1. The van der Waals surface area contributed by atoms with Crippen molar-refractivity contribution in [3.8, 4) is 0 Å². The van der Waals surface area contributed by atoms with Gasteiger partial charge in [0.15, 0.2) is 0 Å². The molecule has 0 saturated carbocycles. The second-order valence-corrected chi connectivity index (χ2v) is 5.86. The van der Waals surface area contributed by atoms with E-state index < -0.39 is 11.4 Å². The van der Waals surface area contributed by atoms with Gasteiger partial charge in [-0.15, -0.1) is 0 Å². The summed E-state index contributed by atoms with van der Waals surface area (Å²) in [6, 6.07) is 9.97. The summed E-state index contributed by atoms with van der Waals surface area (Å²) in [5.41, 5.74) is 0.0629. The Hall–Kier alpha value is -1.35. The molecule has 1 unspecified atom stereocenters. The second-order valence-electron chi connectivity index (χ2n) is 5.86. The number of carboxylic acids is 1. The molecule has 4 N–H and O–H groups in total. The van der Waals surface area contributed by atoms with Crippen molar-refractivity contribution in [1.29, 1.82) is 0 Å². The van der Waals surface area contributed by atoms with Crippen LogP contribution in [0.4, 0.5) is 0 Å². The van der Waals surface area contributed by atoms with Crippen LogP contribution in [-0.4, -0.2) is 5.97 Å². The fourth-order valence-electron chi connectivity index (χ4n) is 1.82. The summed E-state index contributed by atoms with van der Waals surface area (Å²) in [6.07, 6.45) is 1.37. The largest absolute Gasteiger partial charge is 0.550 e. The molecule has 1 aromatic carbocycles. The third-order valence-electron chi connectivity index (χ3n) is 3.86. The molecule has 1 rings (SSSR count). The lowest BCUT2D eigenvalue weighted by atomic mass is 9.65. The maximum absolute atomic E-state index is 11.4. The van der Waals surface area contributed by atoms with E-state index in [1.165, 1.54) is 5.56 Å². The second kappa shape index (κ2) is 6.01. The molecule has 0 aliphatic heterocycles. The lowest BCUT2D eigenvalue weighted by Gasteiger charge is -2.43. The molecule has 1 aromatic rings. The van der Waals surface area contributed by atoms with Crippen LogP contribution in [0.15, 0.2) is 30.3 Å². The predicted octanol–water partition coefficient (Wildman–Crippen LogP) is 2.80. The maximum Gasteiger partial charge on any atom is 0.0478 e. The molecule has 0 aliphatic rings. The topological polar surface area (TPSA) is 76.6 Å². The van der Waals surface area contributed by atoms with Crippen LogP contribution in [0.3, 0.4) is 0 Å². The zero-order chi connectivity index (χ0) is 13.1. The number of quaternary nitrogens is 1. The average molecular weight is 251 g/mol. The molecule has 0 saturated heterocycles. The molecule has 3 nitrogen and oxygen atoms in total. The van der Waals surface area contributed by atoms with Crippen LogP contribution >= 0.6 is 0 Å². The van der Waals surface area contributed by atoms with Gasteiger partial charge in [-0.1, -0.05) is 58.0 Å². The van der Waals surface area contributed by atoms with E-state index >= 15 is 0 Å². The van der Waals surface area contributed by atoms with E-state index in [0.717, 1.165) is 6.42 Å². The minimum atomic E-state index is -0.957. The molecule has 0 fully saturated rings. The number of benzene rings is 1. The Morgan fingerprint density at radius 2 is 1.61 bits per heavy atom. The summed E-state index contributed by atoms with van der Waals surface area (Å²) in [5, 5.41) is 11.4. The highest BCUT2D eigenvalue weighted by Gasteiger charge is 2.38. The average Bonchev–Trinajstić information content (AvgIpc) is 2.25. The zero-order valence-electron chi connectivity index (χ0n) is 12.1. The van der Waals surface area contributed by atoms with Gasteiger partial charge in [-0.05, 0) is 23.8 Å². The third kappa shape index (κ3) is 3.57. The quantitative estimate of drug-likeness (QED) is 0.893. The number of aliphatic carboxylic acids is 1. The van der Waals surface area contributed by atoms with Crippen molar-refractivity contribution in [1.82, 2.24) is 6.15 Å². The number of carboxylic acid groups (broad SMARTS) is 1. The highest BCUT2D eigenvalue weighted by molar-refractivity contribution is 5.73. The van der Waals surface area contributed by atoms with Crippen LogP contribution in [-0.2, 0) is 11.2 Å². The first kappa shape index (κ1) is 16.6. The van der Waals surface area contributed by atoms with Gasteiger partial charge < -0.3 is 16.1 Å². The van der Waals surface area contributed by atoms with Crippen molar-refractivity contribution >= 4 is 5.97 Å². The van der Waals surface area contributed by atoms with Crippen molar-refractivity contribution < 1.29 is 9.90 Å². The SMILES string of the molecule is CC(C)(C)C(C)(CCc1ccccc1)C(=O)[O-].[NH4+]. The summed E-state index contributed by atoms with van der Waals surface area (Å²) >= 11 is 0. The van der Waals surface area contributed by atoms with Gasteiger partial charge in [0.25, 0.3) is 0 Å². The molecule has 102 valence electrons. The van der Waals surface area contributed by atoms with Crippen molar-refractivity contribution in [2.45, 2.75) is 40.5 Å². The van der Waals surface area contributed by atoms with Gasteiger partial charge in [0.1, 0.15) is 0 Å². The number of carbonyl (C=O) groups excluding carboxylic acids is 1. The van der Waals surface area contributed by atoms with E-state index in [1.54, 1.807) is 6.92 Å². The molecule has 0 heterocycles. The van der Waals surface area contributed by atoms with Crippen LogP contribution < -0.4 is 11.3 Å². The van der Waals surface area contributed by atoms with E-state index in [0.29, 0.717) is 6.42 Å². The Labute approximate surface area is 110 Å². The maximum atomic E-state index is 11.4. The minimum absolute atomic E-state index is 0. The van der Waals surface area contributed by atoms with Gasteiger partial charge in [-0.2, -0.15) is 0 Å². The van der Waals surface area contributed by atoms with Gasteiger partial charge >= 0.3 is 0 Å². The number of rotatable bonds is 4. The summed E-state index contributed by atoms with van der Waals surface area (Å²) in [6.45, 7) is 7.64. The van der Waals surface area contributed by atoms with Crippen LogP contribution in [0.2, 0.25) is 0 Å². The van der Waals surface area contributed by atoms with Gasteiger partial charge in [-0.3, -0.25) is 0 Å². The lowest BCUT2D eigenvalue weighted by molar-refractivity contribution is -0.324. The van der Waals surface area contributed by atoms with Crippen molar-refractivity contribution in [2.75, 3.05) is 0 Å². The summed E-state index contributed by atoms with van der Waals surface area (Å²) in [5.74, 6) is -0.957. The van der Waals surface area contributed by atoms with Crippen LogP contribution in [0.25, 0.3) is 0 Å². The number of carbonyl (C=O) groups is 1. The van der Waals surface area contributed by atoms with Gasteiger partial charge in [-0.25, -0.2) is 0 Å². The summed E-state index contributed by atoms with van der Waals surface area (Å²) in [7, 11) is 0.